The molecule has 2 heteroatoms. The van der Waals surface area contributed by atoms with E-state index in [1.54, 1.807) is 0 Å². The zero-order chi connectivity index (χ0) is 3.41. The molecule has 0 saturated heterocycles. The van der Waals surface area contributed by atoms with Crippen molar-refractivity contribution in [3.05, 3.63) is 0 Å². The molecule has 0 atom stereocenters. The minimum Gasteiger partial charge on any atom is -0.198 e. The molecule has 0 spiro atoms. The van der Waals surface area contributed by atoms with Crippen LogP contribution in [0.15, 0.2) is 0 Å². The fourth-order valence-electron chi connectivity index (χ4n) is 0. The Morgan fingerprint density at radius 1 is 1.80 bits per heavy atom. The monoisotopic (exact) mass is 119 g/mol. The maximum Gasteiger partial charge on any atom is 0.0618 e. The van der Waals surface area contributed by atoms with Crippen LogP contribution in [0.2, 0.25) is 0 Å². The Hall–Kier alpha value is 0.113. The Morgan fingerprint density at radius 3 is 2.00 bits per heavy atom. The van der Waals surface area contributed by atoms with E-state index < -0.39 is 0 Å². The smallest absolute Gasteiger partial charge is 0.0618 e. The molecule has 0 aromatic rings. The fourth-order valence-corrected chi connectivity index (χ4v) is 0. The first-order chi connectivity index (χ1) is 1.91. The minimum atomic E-state index is 0. The van der Waals surface area contributed by atoms with Gasteiger partial charge in [0.25, 0.3) is 0 Å². The zero-order valence-electron chi connectivity index (χ0n) is 3.36. The van der Waals surface area contributed by atoms with Gasteiger partial charge in [0.1, 0.15) is 0 Å². The normalized spacial score (nSPS) is 4.00. The number of hydrogen-bond acceptors (Lipinski definition) is 1. The van der Waals surface area contributed by atoms with Crippen LogP contribution >= 0.6 is 0 Å². The molecular formula is C3H5NZn. The van der Waals surface area contributed by atoms with Crippen LogP contribution in [0.4, 0.5) is 0 Å². The van der Waals surface area contributed by atoms with Crippen LogP contribution in [0.3, 0.4) is 0 Å². The first kappa shape index (κ1) is 8.93. The molecule has 1 nitrogen and oxygen atoms in total. The molecule has 0 fully saturated rings. The van der Waals surface area contributed by atoms with Crippen LogP contribution in [0.25, 0.3) is 0 Å². The second-order valence-electron chi connectivity index (χ2n) is 0.512. The molecule has 0 aliphatic rings. The molecule has 0 aliphatic carbocycles. The van der Waals surface area contributed by atoms with Gasteiger partial charge in [-0.1, -0.05) is 6.92 Å². The molecule has 0 aliphatic heterocycles. The van der Waals surface area contributed by atoms with Gasteiger partial charge >= 0.3 is 0 Å². The molecule has 0 heterocycles. The largest absolute Gasteiger partial charge is 0.198 e. The maximum atomic E-state index is 7.62. The number of rotatable bonds is 0. The summed E-state index contributed by atoms with van der Waals surface area (Å²) in [4.78, 5) is 0. The van der Waals surface area contributed by atoms with Crippen molar-refractivity contribution in [2.24, 2.45) is 0 Å². The van der Waals surface area contributed by atoms with E-state index in [2.05, 4.69) is 0 Å². The van der Waals surface area contributed by atoms with Gasteiger partial charge in [-0.05, 0) is 0 Å². The third-order valence-corrected chi connectivity index (χ3v) is 0.158. The molecular weight excluding hydrogens is 115 g/mol. The second-order valence-corrected chi connectivity index (χ2v) is 0.512. The van der Waals surface area contributed by atoms with Crippen molar-refractivity contribution in [1.82, 2.24) is 0 Å². The number of nitriles is 1. The number of hydrogen-bond donors (Lipinski definition) is 0. The molecule has 0 aromatic heterocycles. The fraction of sp³-hybridized carbons (Fsp3) is 0.667. The molecule has 0 amide bonds. The topological polar surface area (TPSA) is 23.8 Å². The van der Waals surface area contributed by atoms with Crippen molar-refractivity contribution in [3.8, 4) is 6.07 Å². The van der Waals surface area contributed by atoms with E-state index in [0.29, 0.717) is 6.42 Å². The van der Waals surface area contributed by atoms with Gasteiger partial charge in [0.2, 0.25) is 0 Å². The molecule has 5 heavy (non-hydrogen) atoms. The molecule has 0 bridgehead atoms. The molecule has 0 rings (SSSR count). The van der Waals surface area contributed by atoms with E-state index in [1.165, 1.54) is 0 Å². The summed E-state index contributed by atoms with van der Waals surface area (Å²) in [5.74, 6) is 0. The van der Waals surface area contributed by atoms with Gasteiger partial charge in [0.05, 0.1) is 6.07 Å². The van der Waals surface area contributed by atoms with Gasteiger partial charge in [-0.2, -0.15) is 5.26 Å². The van der Waals surface area contributed by atoms with Crippen LogP contribution in [0.5, 0.6) is 0 Å². The van der Waals surface area contributed by atoms with Crippen molar-refractivity contribution in [3.63, 3.8) is 0 Å². The molecule has 0 saturated carbocycles. The van der Waals surface area contributed by atoms with Crippen LogP contribution < -0.4 is 0 Å². The van der Waals surface area contributed by atoms with Crippen molar-refractivity contribution >= 4 is 0 Å². The first-order valence-electron chi connectivity index (χ1n) is 1.28. The molecule has 24 valence electrons. The van der Waals surface area contributed by atoms with E-state index in [1.807, 2.05) is 13.0 Å². The summed E-state index contributed by atoms with van der Waals surface area (Å²) in [7, 11) is 0. The SMILES string of the molecule is CCC#N.[Zn]. The van der Waals surface area contributed by atoms with Gasteiger partial charge in [0.15, 0.2) is 0 Å². The predicted octanol–water partition coefficient (Wildman–Crippen LogP) is 0.917. The van der Waals surface area contributed by atoms with Gasteiger partial charge in [-0.25, -0.2) is 0 Å². The summed E-state index contributed by atoms with van der Waals surface area (Å²) >= 11 is 0. The van der Waals surface area contributed by atoms with Crippen LogP contribution in [-0.4, -0.2) is 0 Å². The molecule has 0 aromatic carbocycles. The maximum absolute atomic E-state index is 7.62. The quantitative estimate of drug-likeness (QED) is 0.436. The summed E-state index contributed by atoms with van der Waals surface area (Å²) in [5.41, 5.74) is 0. The summed E-state index contributed by atoms with van der Waals surface area (Å²) < 4.78 is 0. The third kappa shape index (κ3) is 14.8. The standard InChI is InChI=1S/C3H5N.Zn/c1-2-3-4;/h2H2,1H3;. The van der Waals surface area contributed by atoms with Gasteiger partial charge in [-0.3, -0.25) is 0 Å². The van der Waals surface area contributed by atoms with Crippen LogP contribution in [-0.2, 0) is 19.5 Å². The Bertz CT molecular complexity index is 36.6. The van der Waals surface area contributed by atoms with Crippen molar-refractivity contribution < 1.29 is 19.5 Å². The van der Waals surface area contributed by atoms with Gasteiger partial charge in [0, 0.05) is 25.9 Å². The van der Waals surface area contributed by atoms with Crippen LogP contribution in [0, 0.1) is 11.3 Å². The Kier molecular flexibility index (Phi) is 15.9. The number of nitrogens with zero attached hydrogens (tertiary/aromatic N) is 1. The van der Waals surface area contributed by atoms with Crippen molar-refractivity contribution in [2.75, 3.05) is 0 Å². The Labute approximate surface area is 44.7 Å². The van der Waals surface area contributed by atoms with E-state index in [9.17, 15) is 0 Å². The van der Waals surface area contributed by atoms with E-state index >= 15 is 0 Å². The summed E-state index contributed by atoms with van der Waals surface area (Å²) in [6.07, 6.45) is 0.625. The minimum absolute atomic E-state index is 0. The molecule has 0 unspecified atom stereocenters. The molecule has 0 radical (unpaired) electrons. The summed E-state index contributed by atoms with van der Waals surface area (Å²) in [6.45, 7) is 1.82. The zero-order valence-corrected chi connectivity index (χ0v) is 6.33. The Morgan fingerprint density at radius 2 is 2.00 bits per heavy atom. The van der Waals surface area contributed by atoms with E-state index in [-0.39, 0.29) is 19.5 Å². The summed E-state index contributed by atoms with van der Waals surface area (Å²) in [5, 5.41) is 7.62. The average molecular weight is 120 g/mol. The van der Waals surface area contributed by atoms with E-state index in [4.69, 9.17) is 5.26 Å². The predicted molar refractivity (Wildman–Crippen MR) is 15.9 cm³/mol. The Balaban J connectivity index is 0. The first-order valence-corrected chi connectivity index (χ1v) is 1.28. The van der Waals surface area contributed by atoms with Crippen molar-refractivity contribution in [1.29, 1.82) is 5.26 Å². The third-order valence-electron chi connectivity index (χ3n) is 0.158. The molecule has 0 N–H and O–H groups in total. The van der Waals surface area contributed by atoms with Crippen molar-refractivity contribution in [2.45, 2.75) is 13.3 Å². The average Bonchev–Trinajstić information content (AvgIpc) is 1.37. The van der Waals surface area contributed by atoms with Gasteiger partial charge < -0.3 is 0 Å². The second kappa shape index (κ2) is 8.93. The summed E-state index contributed by atoms with van der Waals surface area (Å²) in [6, 6.07) is 1.93. The van der Waals surface area contributed by atoms with Crippen LogP contribution in [0.1, 0.15) is 13.3 Å². The van der Waals surface area contributed by atoms with E-state index in [0.717, 1.165) is 0 Å². The van der Waals surface area contributed by atoms with Gasteiger partial charge in [-0.15, -0.1) is 0 Å².